The lowest BCUT2D eigenvalue weighted by atomic mass is 10.1. The number of alkyl carbamates (subject to hydrolysis) is 1. The van der Waals surface area contributed by atoms with Crippen LogP contribution in [0.2, 0.25) is 0 Å². The zero-order valence-corrected chi connectivity index (χ0v) is 14.6. The minimum absolute atomic E-state index is 0.248. The Kier molecular flexibility index (Phi) is 10.4. The van der Waals surface area contributed by atoms with Crippen LogP contribution in [0.15, 0.2) is 0 Å². The van der Waals surface area contributed by atoms with E-state index in [-0.39, 0.29) is 12.1 Å². The van der Waals surface area contributed by atoms with Crippen molar-refractivity contribution in [3.05, 3.63) is 0 Å². The van der Waals surface area contributed by atoms with Crippen molar-refractivity contribution in [2.45, 2.75) is 78.0 Å². The number of carbonyl (C=O) groups excluding carboxylic acids is 1. The summed E-state index contributed by atoms with van der Waals surface area (Å²) in [5.41, 5.74) is -0.460. The third kappa shape index (κ3) is 11.5. The largest absolute Gasteiger partial charge is 0.444 e. The molecule has 0 aliphatic rings. The first-order chi connectivity index (χ1) is 9.82. The van der Waals surface area contributed by atoms with Gasteiger partial charge in [-0.2, -0.15) is 0 Å². The first kappa shape index (κ1) is 20.2. The summed E-state index contributed by atoms with van der Waals surface area (Å²) in [7, 11) is 1.71. The van der Waals surface area contributed by atoms with Gasteiger partial charge in [0.1, 0.15) is 5.60 Å². The van der Waals surface area contributed by atoms with Gasteiger partial charge >= 0.3 is 6.09 Å². The topological polar surface area (TPSA) is 59.6 Å². The molecule has 0 aliphatic heterocycles. The van der Waals surface area contributed by atoms with Crippen molar-refractivity contribution in [2.75, 3.05) is 20.3 Å². The van der Waals surface area contributed by atoms with Crippen LogP contribution in [0.1, 0.15) is 60.3 Å². The summed E-state index contributed by atoms with van der Waals surface area (Å²) in [5, 5.41) is 6.42. The van der Waals surface area contributed by atoms with E-state index in [0.717, 1.165) is 25.7 Å². The smallest absolute Gasteiger partial charge is 0.407 e. The molecule has 126 valence electrons. The summed E-state index contributed by atoms with van der Waals surface area (Å²) in [5.74, 6) is 0. The second kappa shape index (κ2) is 10.9. The summed E-state index contributed by atoms with van der Waals surface area (Å²) < 4.78 is 10.5. The number of unbranched alkanes of at least 4 members (excludes halogenated alkanes) is 1. The molecule has 0 bridgehead atoms. The van der Waals surface area contributed by atoms with Gasteiger partial charge in [0.15, 0.2) is 0 Å². The van der Waals surface area contributed by atoms with Crippen molar-refractivity contribution in [3.8, 4) is 0 Å². The number of carbonyl (C=O) groups is 1. The van der Waals surface area contributed by atoms with Crippen LogP contribution in [0.3, 0.4) is 0 Å². The molecule has 0 spiro atoms. The number of amides is 1. The Morgan fingerprint density at radius 2 is 1.86 bits per heavy atom. The Hall–Kier alpha value is -0.810. The molecule has 0 aliphatic carbocycles. The normalized spacial score (nSPS) is 14.6. The molecular weight excluding hydrogens is 268 g/mol. The molecule has 0 aromatic rings. The summed E-state index contributed by atoms with van der Waals surface area (Å²) >= 11 is 0. The fourth-order valence-corrected chi connectivity index (χ4v) is 2.03. The van der Waals surface area contributed by atoms with Gasteiger partial charge in [0, 0.05) is 25.7 Å². The number of hydrogen-bond donors (Lipinski definition) is 2. The second-order valence-corrected chi connectivity index (χ2v) is 6.45. The minimum Gasteiger partial charge on any atom is -0.444 e. The molecule has 0 radical (unpaired) electrons. The minimum atomic E-state index is -0.460. The third-order valence-electron chi connectivity index (χ3n) is 3.13. The molecule has 0 aromatic heterocycles. The Labute approximate surface area is 130 Å². The van der Waals surface area contributed by atoms with Gasteiger partial charge < -0.3 is 20.1 Å². The highest BCUT2D eigenvalue weighted by atomic mass is 16.6. The van der Waals surface area contributed by atoms with Gasteiger partial charge in [-0.1, -0.05) is 26.7 Å². The van der Waals surface area contributed by atoms with E-state index in [1.807, 2.05) is 20.8 Å². The Morgan fingerprint density at radius 1 is 1.19 bits per heavy atom. The molecule has 2 atom stereocenters. The molecule has 0 saturated heterocycles. The number of nitrogens with one attached hydrogen (secondary N) is 2. The molecule has 0 fully saturated rings. The van der Waals surface area contributed by atoms with Gasteiger partial charge in [-0.05, 0) is 33.6 Å². The molecule has 2 N–H and O–H groups in total. The van der Waals surface area contributed by atoms with Crippen molar-refractivity contribution < 1.29 is 14.3 Å². The van der Waals surface area contributed by atoms with Crippen LogP contribution in [0.4, 0.5) is 4.79 Å². The molecule has 0 aromatic carbocycles. The van der Waals surface area contributed by atoms with Crippen LogP contribution in [0, 0.1) is 0 Å². The Balaban J connectivity index is 4.31. The van der Waals surface area contributed by atoms with Crippen molar-refractivity contribution >= 4 is 6.09 Å². The average Bonchev–Trinajstić information content (AvgIpc) is 2.38. The lowest BCUT2D eigenvalue weighted by Gasteiger charge is -2.26. The van der Waals surface area contributed by atoms with Crippen molar-refractivity contribution in [1.82, 2.24) is 10.6 Å². The highest BCUT2D eigenvalue weighted by molar-refractivity contribution is 5.67. The van der Waals surface area contributed by atoms with E-state index in [4.69, 9.17) is 9.47 Å². The summed E-state index contributed by atoms with van der Waals surface area (Å²) in [6, 6.07) is 0.565. The quantitative estimate of drug-likeness (QED) is 0.651. The second-order valence-electron chi connectivity index (χ2n) is 6.45. The van der Waals surface area contributed by atoms with Gasteiger partial charge in [-0.3, -0.25) is 0 Å². The van der Waals surface area contributed by atoms with Crippen LogP contribution in [-0.4, -0.2) is 44.0 Å². The maximum absolute atomic E-state index is 11.7. The Morgan fingerprint density at radius 3 is 2.33 bits per heavy atom. The zero-order chi connectivity index (χ0) is 16.3. The van der Waals surface area contributed by atoms with E-state index in [0.29, 0.717) is 19.2 Å². The number of rotatable bonds is 10. The molecule has 2 unspecified atom stereocenters. The van der Waals surface area contributed by atoms with Crippen LogP contribution < -0.4 is 10.6 Å². The molecule has 21 heavy (non-hydrogen) atoms. The van der Waals surface area contributed by atoms with E-state index in [9.17, 15) is 4.79 Å². The van der Waals surface area contributed by atoms with E-state index in [1.165, 1.54) is 0 Å². The van der Waals surface area contributed by atoms with Crippen LogP contribution in [0.5, 0.6) is 0 Å². The maximum Gasteiger partial charge on any atom is 0.407 e. The van der Waals surface area contributed by atoms with Crippen molar-refractivity contribution in [1.29, 1.82) is 0 Å². The van der Waals surface area contributed by atoms with Gasteiger partial charge in [0.05, 0.1) is 6.61 Å². The van der Waals surface area contributed by atoms with Crippen LogP contribution in [0.25, 0.3) is 0 Å². The summed E-state index contributed by atoms with van der Waals surface area (Å²) in [6.45, 7) is 11.2. The van der Waals surface area contributed by atoms with Crippen LogP contribution in [-0.2, 0) is 9.47 Å². The molecule has 5 nitrogen and oxygen atoms in total. The molecule has 0 rings (SSSR count). The predicted molar refractivity (Wildman–Crippen MR) is 86.6 cm³/mol. The lowest BCUT2D eigenvalue weighted by molar-refractivity contribution is 0.0519. The number of methoxy groups -OCH3 is 1. The number of ether oxygens (including phenoxy) is 2. The first-order valence-electron chi connectivity index (χ1n) is 8.04. The van der Waals surface area contributed by atoms with E-state index < -0.39 is 5.60 Å². The van der Waals surface area contributed by atoms with Gasteiger partial charge in [-0.25, -0.2) is 4.79 Å². The monoisotopic (exact) mass is 302 g/mol. The van der Waals surface area contributed by atoms with E-state index in [1.54, 1.807) is 7.11 Å². The molecule has 1 amide bonds. The van der Waals surface area contributed by atoms with Crippen molar-refractivity contribution in [2.24, 2.45) is 0 Å². The summed E-state index contributed by atoms with van der Waals surface area (Å²) in [6.07, 6.45) is 3.96. The lowest BCUT2D eigenvalue weighted by Crippen LogP contribution is -2.47. The summed E-state index contributed by atoms with van der Waals surface area (Å²) in [4.78, 5) is 11.7. The zero-order valence-electron chi connectivity index (χ0n) is 14.6. The SMILES string of the molecule is CCCCC(CNC(=O)OC(C)(C)C)NC(CC)COC. The fraction of sp³-hybridized carbons (Fsp3) is 0.938. The molecular formula is C16H34N2O3. The molecule has 0 saturated carbocycles. The first-order valence-corrected chi connectivity index (χ1v) is 8.04. The van der Waals surface area contributed by atoms with Gasteiger partial charge in [-0.15, -0.1) is 0 Å². The standard InChI is InChI=1S/C16H34N2O3/c1-7-9-10-14(18-13(8-2)12-20-6)11-17-15(19)21-16(3,4)5/h13-14,18H,7-12H2,1-6H3,(H,17,19). The fourth-order valence-electron chi connectivity index (χ4n) is 2.03. The number of hydrogen-bond acceptors (Lipinski definition) is 4. The van der Waals surface area contributed by atoms with E-state index >= 15 is 0 Å². The van der Waals surface area contributed by atoms with Crippen LogP contribution >= 0.6 is 0 Å². The third-order valence-corrected chi connectivity index (χ3v) is 3.13. The van der Waals surface area contributed by atoms with Crippen molar-refractivity contribution in [3.63, 3.8) is 0 Å². The maximum atomic E-state index is 11.7. The Bertz CT molecular complexity index is 277. The molecule has 5 heteroatoms. The van der Waals surface area contributed by atoms with Gasteiger partial charge in [0.25, 0.3) is 0 Å². The highest BCUT2D eigenvalue weighted by Crippen LogP contribution is 2.07. The van der Waals surface area contributed by atoms with Gasteiger partial charge in [0.2, 0.25) is 0 Å². The highest BCUT2D eigenvalue weighted by Gasteiger charge is 2.18. The van der Waals surface area contributed by atoms with E-state index in [2.05, 4.69) is 24.5 Å². The average molecular weight is 302 g/mol. The molecule has 0 heterocycles. The predicted octanol–water partition coefficient (Wildman–Crippen LogP) is 3.08.